The van der Waals surface area contributed by atoms with Gasteiger partial charge in [-0.15, -0.1) is 5.10 Å². The fourth-order valence-corrected chi connectivity index (χ4v) is 4.75. The molecule has 0 saturated carbocycles. The highest BCUT2D eigenvalue weighted by molar-refractivity contribution is 6.31. The van der Waals surface area contributed by atoms with E-state index in [1.54, 1.807) is 47.5 Å². The normalized spacial score (nSPS) is 14.8. The van der Waals surface area contributed by atoms with Crippen molar-refractivity contribution >= 4 is 29.0 Å². The first-order valence-electron chi connectivity index (χ1n) is 13.0. The van der Waals surface area contributed by atoms with Gasteiger partial charge in [-0.05, 0) is 24.3 Å². The van der Waals surface area contributed by atoms with Crippen molar-refractivity contribution in [2.75, 3.05) is 13.2 Å². The number of hydrogen-bond donors (Lipinski definition) is 2. The lowest BCUT2D eigenvalue weighted by Crippen LogP contribution is -2.36. The summed E-state index contributed by atoms with van der Waals surface area (Å²) < 4.78 is 21.3. The van der Waals surface area contributed by atoms with E-state index >= 15 is 0 Å². The summed E-state index contributed by atoms with van der Waals surface area (Å²) in [5.41, 5.74) is 2.75. The highest BCUT2D eigenvalue weighted by atomic mass is 35.5. The molecule has 5 rings (SSSR count). The fraction of sp³-hybridized carbons (Fsp3) is 0.200. The first-order chi connectivity index (χ1) is 20.4. The Morgan fingerprint density at radius 1 is 1.05 bits per heavy atom. The van der Waals surface area contributed by atoms with Crippen LogP contribution in [0.2, 0.25) is 5.02 Å². The fourth-order valence-electron chi connectivity index (χ4n) is 4.48. The predicted molar refractivity (Wildman–Crippen MR) is 152 cm³/mol. The van der Waals surface area contributed by atoms with Gasteiger partial charge in [-0.25, -0.2) is 4.39 Å². The van der Waals surface area contributed by atoms with Crippen molar-refractivity contribution in [1.29, 1.82) is 0 Å². The van der Waals surface area contributed by atoms with E-state index in [1.165, 1.54) is 12.1 Å². The number of aliphatic hydroxyl groups is 1. The summed E-state index contributed by atoms with van der Waals surface area (Å²) in [6.07, 6.45) is 5.15. The lowest BCUT2D eigenvalue weighted by Gasteiger charge is -2.28. The summed E-state index contributed by atoms with van der Waals surface area (Å²) in [5.74, 6) is -0.693. The molecule has 10 nitrogen and oxygen atoms in total. The minimum Gasteiger partial charge on any atom is -0.388 e. The number of aromatic nitrogens is 4. The highest BCUT2D eigenvalue weighted by Gasteiger charge is 2.32. The van der Waals surface area contributed by atoms with Gasteiger partial charge in [0.2, 0.25) is 0 Å². The molecule has 0 aliphatic carbocycles. The Bertz CT molecular complexity index is 1640. The Morgan fingerprint density at radius 2 is 1.83 bits per heavy atom. The molecule has 0 spiro atoms. The molecule has 0 amide bonds. The van der Waals surface area contributed by atoms with Gasteiger partial charge in [-0.3, -0.25) is 24.2 Å². The minimum atomic E-state index is -0.927. The molecular weight excluding hydrogens is 563 g/mol. The van der Waals surface area contributed by atoms with E-state index in [0.717, 1.165) is 6.07 Å². The van der Waals surface area contributed by atoms with Gasteiger partial charge in [-0.1, -0.05) is 53.2 Å². The van der Waals surface area contributed by atoms with Crippen LogP contribution in [0.4, 0.5) is 4.39 Å². The third-order valence-corrected chi connectivity index (χ3v) is 6.85. The average molecular weight is 589 g/mol. The standard InChI is InChI=1S/C30H26ClFN6O4/c31-24-14-21(32)6-7-23(24)29-28(27(41)16-39)25(34-30(35-29)20-8-11-33-12-9-20)18-42-17-22-15-38(37-36-22)13-10-26(40)19-4-2-1-3-5-19/h1-9,11-12,14-15,29,39H,10,13,16-18H2,(H,34,35). The molecule has 214 valence electrons. The van der Waals surface area contributed by atoms with Gasteiger partial charge in [0.05, 0.1) is 25.1 Å². The number of nitrogens with one attached hydrogen (secondary N) is 1. The van der Waals surface area contributed by atoms with E-state index < -0.39 is 24.2 Å². The third-order valence-electron chi connectivity index (χ3n) is 6.53. The second-order valence-corrected chi connectivity index (χ2v) is 9.79. The summed E-state index contributed by atoms with van der Waals surface area (Å²) >= 11 is 6.38. The molecule has 1 atom stereocenters. The van der Waals surface area contributed by atoms with Crippen molar-refractivity contribution in [2.45, 2.75) is 25.6 Å². The maximum absolute atomic E-state index is 13.8. The van der Waals surface area contributed by atoms with Crippen LogP contribution in [0.5, 0.6) is 0 Å². The van der Waals surface area contributed by atoms with Crippen molar-refractivity contribution in [3.8, 4) is 0 Å². The number of aryl methyl sites for hydroxylation is 1. The highest BCUT2D eigenvalue weighted by Crippen LogP contribution is 2.36. The monoisotopic (exact) mass is 588 g/mol. The molecule has 2 aromatic carbocycles. The molecule has 0 bridgehead atoms. The van der Waals surface area contributed by atoms with Crippen LogP contribution >= 0.6 is 11.6 Å². The van der Waals surface area contributed by atoms with E-state index in [2.05, 4.69) is 20.6 Å². The van der Waals surface area contributed by atoms with Gasteiger partial charge < -0.3 is 15.2 Å². The zero-order valence-electron chi connectivity index (χ0n) is 22.3. The molecule has 0 radical (unpaired) electrons. The third kappa shape index (κ3) is 6.82. The summed E-state index contributed by atoms with van der Waals surface area (Å²) in [5, 5.41) is 21.2. The maximum Gasteiger partial charge on any atom is 0.188 e. The Labute approximate surface area is 245 Å². The number of aliphatic imine (C=N–C) groups is 1. The van der Waals surface area contributed by atoms with Crippen LogP contribution in [0.15, 0.2) is 95.5 Å². The molecule has 12 heteroatoms. The molecule has 3 heterocycles. The summed E-state index contributed by atoms with van der Waals surface area (Å²) in [6.45, 7) is -0.428. The Hall–Kier alpha value is -4.58. The first kappa shape index (κ1) is 28.9. The van der Waals surface area contributed by atoms with E-state index in [0.29, 0.717) is 40.5 Å². The lowest BCUT2D eigenvalue weighted by atomic mass is 9.92. The quantitative estimate of drug-likeness (QED) is 0.239. The van der Waals surface area contributed by atoms with Crippen LogP contribution in [-0.2, 0) is 22.7 Å². The molecule has 0 fully saturated rings. The molecule has 42 heavy (non-hydrogen) atoms. The van der Waals surface area contributed by atoms with Crippen LogP contribution < -0.4 is 5.32 Å². The van der Waals surface area contributed by atoms with Crippen molar-refractivity contribution in [3.63, 3.8) is 0 Å². The van der Waals surface area contributed by atoms with Crippen LogP contribution in [0.1, 0.15) is 39.6 Å². The second kappa shape index (κ2) is 13.4. The number of nitrogens with zero attached hydrogens (tertiary/aromatic N) is 5. The van der Waals surface area contributed by atoms with Gasteiger partial charge in [0, 0.05) is 52.6 Å². The molecule has 1 unspecified atom stereocenters. The number of amidine groups is 1. The lowest BCUT2D eigenvalue weighted by molar-refractivity contribution is -0.118. The summed E-state index contributed by atoms with van der Waals surface area (Å²) in [7, 11) is 0. The SMILES string of the molecule is O=C(CO)C1=C(COCc2cn(CCC(=O)c3ccccc3)nn2)NC(c2ccncc2)=NC1c1ccc(F)cc1Cl. The number of halogens is 2. The van der Waals surface area contributed by atoms with Gasteiger partial charge in [0.15, 0.2) is 11.6 Å². The number of ether oxygens (including phenoxy) is 1. The number of Topliss-reactive ketones (excluding diaryl/α,β-unsaturated/α-hetero) is 2. The second-order valence-electron chi connectivity index (χ2n) is 9.39. The Kier molecular flexibility index (Phi) is 9.22. The zero-order valence-corrected chi connectivity index (χ0v) is 23.0. The van der Waals surface area contributed by atoms with E-state index in [9.17, 15) is 19.1 Å². The number of carbonyl (C=O) groups is 2. The molecule has 0 saturated heterocycles. The van der Waals surface area contributed by atoms with Crippen LogP contribution in [0.3, 0.4) is 0 Å². The van der Waals surface area contributed by atoms with Crippen LogP contribution in [-0.4, -0.2) is 55.7 Å². The van der Waals surface area contributed by atoms with Crippen molar-refractivity contribution in [1.82, 2.24) is 25.3 Å². The van der Waals surface area contributed by atoms with Crippen LogP contribution in [0, 0.1) is 5.82 Å². The molecule has 1 aliphatic heterocycles. The summed E-state index contributed by atoms with van der Waals surface area (Å²) in [4.78, 5) is 34.1. The molecule has 4 aromatic rings. The zero-order chi connectivity index (χ0) is 29.5. The molecular formula is C30H26ClFN6O4. The summed E-state index contributed by atoms with van der Waals surface area (Å²) in [6, 6.07) is 15.4. The largest absolute Gasteiger partial charge is 0.388 e. The topological polar surface area (TPSA) is 132 Å². The maximum atomic E-state index is 13.8. The van der Waals surface area contributed by atoms with E-state index in [-0.39, 0.29) is 36.0 Å². The van der Waals surface area contributed by atoms with Crippen molar-refractivity contribution < 1.29 is 23.8 Å². The van der Waals surface area contributed by atoms with Crippen LogP contribution in [0.25, 0.3) is 0 Å². The number of rotatable bonds is 12. The molecule has 2 N–H and O–H groups in total. The van der Waals surface area contributed by atoms with Gasteiger partial charge in [0.1, 0.15) is 30.0 Å². The first-order valence-corrected chi connectivity index (χ1v) is 13.4. The van der Waals surface area contributed by atoms with Gasteiger partial charge >= 0.3 is 0 Å². The Morgan fingerprint density at radius 3 is 2.57 bits per heavy atom. The molecule has 1 aliphatic rings. The number of carbonyl (C=O) groups excluding carboxylic acids is 2. The number of ketones is 2. The Balaban J connectivity index is 1.33. The predicted octanol–water partition coefficient (Wildman–Crippen LogP) is 3.86. The van der Waals surface area contributed by atoms with E-state index in [4.69, 9.17) is 21.3 Å². The van der Waals surface area contributed by atoms with Crippen molar-refractivity contribution in [3.05, 3.63) is 124 Å². The van der Waals surface area contributed by atoms with Gasteiger partial charge in [-0.2, -0.15) is 0 Å². The smallest absolute Gasteiger partial charge is 0.188 e. The van der Waals surface area contributed by atoms with E-state index in [1.807, 2.05) is 18.2 Å². The van der Waals surface area contributed by atoms with Gasteiger partial charge in [0.25, 0.3) is 0 Å². The number of hydrogen-bond acceptors (Lipinski definition) is 9. The number of benzene rings is 2. The average Bonchev–Trinajstić information content (AvgIpc) is 3.47. The number of pyridine rings is 1. The van der Waals surface area contributed by atoms with Crippen molar-refractivity contribution in [2.24, 2.45) is 4.99 Å². The number of aliphatic hydroxyl groups excluding tert-OH is 1. The minimum absolute atomic E-state index is 0.00256. The molecule has 2 aromatic heterocycles.